The van der Waals surface area contributed by atoms with Crippen LogP contribution in [0.1, 0.15) is 13.3 Å². The number of ether oxygens (including phenoxy) is 1. The summed E-state index contributed by atoms with van der Waals surface area (Å²) in [7, 11) is -2.17. The third-order valence-electron chi connectivity index (χ3n) is 2.43. The van der Waals surface area contributed by atoms with E-state index in [4.69, 9.17) is 22.1 Å². The van der Waals surface area contributed by atoms with Gasteiger partial charge in [0, 0.05) is 18.8 Å². The van der Waals surface area contributed by atoms with E-state index in [9.17, 15) is 8.42 Å². The van der Waals surface area contributed by atoms with E-state index in [1.807, 2.05) is 6.92 Å². The molecule has 0 amide bonds. The maximum atomic E-state index is 12.1. The van der Waals surface area contributed by atoms with Crippen LogP contribution in [0.25, 0.3) is 0 Å². The van der Waals surface area contributed by atoms with Gasteiger partial charge in [0.15, 0.2) is 0 Å². The summed E-state index contributed by atoms with van der Waals surface area (Å²) in [6.07, 6.45) is 0.618. The Morgan fingerprint density at radius 1 is 1.50 bits per heavy atom. The fourth-order valence-electron chi connectivity index (χ4n) is 1.45. The second kappa shape index (κ2) is 6.38. The molecule has 7 heteroatoms. The van der Waals surface area contributed by atoms with Crippen molar-refractivity contribution in [3.05, 3.63) is 23.2 Å². The molecule has 0 radical (unpaired) electrons. The molecule has 18 heavy (non-hydrogen) atoms. The van der Waals surface area contributed by atoms with E-state index in [0.717, 1.165) is 0 Å². The highest BCUT2D eigenvalue weighted by Crippen LogP contribution is 2.23. The molecular weight excluding hydrogens is 276 g/mol. The summed E-state index contributed by atoms with van der Waals surface area (Å²) in [5.41, 5.74) is 5.92. The SMILES string of the molecule is CCC(COC)NS(=O)(=O)c1cc(N)ccc1Cl. The highest BCUT2D eigenvalue weighted by Gasteiger charge is 2.21. The van der Waals surface area contributed by atoms with Crippen LogP contribution in [-0.2, 0) is 14.8 Å². The van der Waals surface area contributed by atoms with Crippen LogP contribution in [0.2, 0.25) is 5.02 Å². The van der Waals surface area contributed by atoms with Crippen molar-refractivity contribution in [3.8, 4) is 0 Å². The maximum absolute atomic E-state index is 12.1. The Morgan fingerprint density at radius 3 is 2.72 bits per heavy atom. The zero-order valence-corrected chi connectivity index (χ0v) is 11.9. The summed E-state index contributed by atoms with van der Waals surface area (Å²) >= 11 is 5.88. The molecule has 1 atom stereocenters. The molecule has 1 aromatic carbocycles. The highest BCUT2D eigenvalue weighted by molar-refractivity contribution is 7.89. The van der Waals surface area contributed by atoms with Gasteiger partial charge in [-0.25, -0.2) is 13.1 Å². The Labute approximate surface area is 112 Å². The maximum Gasteiger partial charge on any atom is 0.242 e. The standard InChI is InChI=1S/C11H17ClN2O3S/c1-3-9(7-17-2)14-18(15,16)11-6-8(13)4-5-10(11)12/h4-6,9,14H,3,7,13H2,1-2H3. The quantitative estimate of drug-likeness (QED) is 0.781. The zero-order chi connectivity index (χ0) is 13.8. The van der Waals surface area contributed by atoms with Crippen molar-refractivity contribution in [2.24, 2.45) is 0 Å². The van der Waals surface area contributed by atoms with Gasteiger partial charge in [0.25, 0.3) is 0 Å². The monoisotopic (exact) mass is 292 g/mol. The number of benzene rings is 1. The molecule has 0 aliphatic heterocycles. The summed E-state index contributed by atoms with van der Waals surface area (Å²) in [5, 5.41) is 0.143. The number of anilines is 1. The number of methoxy groups -OCH3 is 1. The summed E-state index contributed by atoms with van der Waals surface area (Å²) in [4.78, 5) is -0.0151. The normalized spacial score (nSPS) is 13.5. The number of halogens is 1. The van der Waals surface area contributed by atoms with Crippen molar-refractivity contribution >= 4 is 27.3 Å². The lowest BCUT2D eigenvalue weighted by atomic mass is 10.3. The van der Waals surface area contributed by atoms with Gasteiger partial charge in [-0.15, -0.1) is 0 Å². The lowest BCUT2D eigenvalue weighted by molar-refractivity contribution is 0.173. The molecule has 0 aromatic heterocycles. The lowest BCUT2D eigenvalue weighted by Gasteiger charge is -2.16. The van der Waals surface area contributed by atoms with Gasteiger partial charge in [0.2, 0.25) is 10.0 Å². The Morgan fingerprint density at radius 2 is 2.17 bits per heavy atom. The van der Waals surface area contributed by atoms with Gasteiger partial charge in [-0.2, -0.15) is 0 Å². The van der Waals surface area contributed by atoms with Crippen LogP contribution in [0.4, 0.5) is 5.69 Å². The number of sulfonamides is 1. The van der Waals surface area contributed by atoms with Crippen molar-refractivity contribution in [3.63, 3.8) is 0 Å². The second-order valence-electron chi connectivity index (χ2n) is 3.87. The minimum Gasteiger partial charge on any atom is -0.399 e. The molecule has 1 rings (SSSR count). The molecule has 1 aromatic rings. The van der Waals surface area contributed by atoms with E-state index in [1.54, 1.807) is 6.07 Å². The molecule has 0 spiro atoms. The smallest absolute Gasteiger partial charge is 0.242 e. The Bertz CT molecular complexity index is 505. The van der Waals surface area contributed by atoms with Gasteiger partial charge in [0.05, 0.1) is 11.6 Å². The highest BCUT2D eigenvalue weighted by atomic mass is 35.5. The van der Waals surface area contributed by atoms with Crippen molar-refractivity contribution < 1.29 is 13.2 Å². The molecule has 0 heterocycles. The zero-order valence-electron chi connectivity index (χ0n) is 10.3. The second-order valence-corrected chi connectivity index (χ2v) is 5.96. The van der Waals surface area contributed by atoms with E-state index >= 15 is 0 Å². The van der Waals surface area contributed by atoms with Gasteiger partial charge < -0.3 is 10.5 Å². The molecule has 0 bridgehead atoms. The van der Waals surface area contributed by atoms with E-state index in [1.165, 1.54) is 19.2 Å². The summed E-state index contributed by atoms with van der Waals surface area (Å²) in [5.74, 6) is 0. The van der Waals surface area contributed by atoms with Gasteiger partial charge in [-0.3, -0.25) is 0 Å². The van der Waals surface area contributed by atoms with Crippen LogP contribution < -0.4 is 10.5 Å². The number of hydrogen-bond acceptors (Lipinski definition) is 4. The molecule has 3 N–H and O–H groups in total. The topological polar surface area (TPSA) is 81.4 Å². The minimum atomic E-state index is -3.69. The average molecular weight is 293 g/mol. The number of hydrogen-bond donors (Lipinski definition) is 2. The Hall–Kier alpha value is -0.820. The van der Waals surface area contributed by atoms with Crippen LogP contribution in [0.3, 0.4) is 0 Å². The minimum absolute atomic E-state index is 0.0151. The first-order chi connectivity index (χ1) is 8.40. The molecule has 5 nitrogen and oxygen atoms in total. The molecule has 102 valence electrons. The van der Waals surface area contributed by atoms with Crippen molar-refractivity contribution in [2.45, 2.75) is 24.3 Å². The fourth-order valence-corrected chi connectivity index (χ4v) is 3.28. The van der Waals surface area contributed by atoms with Crippen molar-refractivity contribution in [1.29, 1.82) is 0 Å². The molecule has 0 fully saturated rings. The number of nitrogen functional groups attached to an aromatic ring is 1. The first kappa shape index (κ1) is 15.2. The summed E-state index contributed by atoms with van der Waals surface area (Å²) < 4.78 is 31.8. The molecule has 0 aliphatic carbocycles. The molecule has 1 unspecified atom stereocenters. The first-order valence-corrected chi connectivity index (χ1v) is 7.33. The van der Waals surface area contributed by atoms with Crippen LogP contribution in [0.15, 0.2) is 23.1 Å². The van der Waals surface area contributed by atoms with Crippen LogP contribution in [0.5, 0.6) is 0 Å². The number of nitrogens with two attached hydrogens (primary N) is 1. The van der Waals surface area contributed by atoms with Crippen molar-refractivity contribution in [2.75, 3.05) is 19.5 Å². The molecule has 0 aliphatic rings. The van der Waals surface area contributed by atoms with Gasteiger partial charge in [0.1, 0.15) is 4.90 Å². The third kappa shape index (κ3) is 3.84. The van der Waals surface area contributed by atoms with Crippen molar-refractivity contribution in [1.82, 2.24) is 4.72 Å². The Balaban J connectivity index is 3.02. The largest absolute Gasteiger partial charge is 0.399 e. The summed E-state index contributed by atoms with van der Waals surface area (Å²) in [6, 6.07) is 4.05. The average Bonchev–Trinajstić information content (AvgIpc) is 2.31. The van der Waals surface area contributed by atoms with E-state index < -0.39 is 10.0 Å². The molecule has 0 saturated heterocycles. The van der Waals surface area contributed by atoms with Gasteiger partial charge in [-0.1, -0.05) is 18.5 Å². The molecule has 0 saturated carbocycles. The fraction of sp³-hybridized carbons (Fsp3) is 0.455. The van der Waals surface area contributed by atoms with E-state index in [0.29, 0.717) is 18.7 Å². The lowest BCUT2D eigenvalue weighted by Crippen LogP contribution is -2.37. The first-order valence-electron chi connectivity index (χ1n) is 5.47. The van der Waals surface area contributed by atoms with E-state index in [2.05, 4.69) is 4.72 Å². The van der Waals surface area contributed by atoms with Crippen LogP contribution in [0, 0.1) is 0 Å². The number of nitrogens with one attached hydrogen (secondary N) is 1. The van der Waals surface area contributed by atoms with Crippen LogP contribution in [-0.4, -0.2) is 28.2 Å². The van der Waals surface area contributed by atoms with E-state index in [-0.39, 0.29) is 16.0 Å². The van der Waals surface area contributed by atoms with Crippen LogP contribution >= 0.6 is 11.6 Å². The molecular formula is C11H17ClN2O3S. The summed E-state index contributed by atoms with van der Waals surface area (Å²) in [6.45, 7) is 2.17. The third-order valence-corrected chi connectivity index (χ3v) is 4.43. The predicted octanol–water partition coefficient (Wildman–Crippen LogP) is 1.63. The Kier molecular flexibility index (Phi) is 5.40. The number of rotatable bonds is 6. The van der Waals surface area contributed by atoms with Gasteiger partial charge >= 0.3 is 0 Å². The van der Waals surface area contributed by atoms with Gasteiger partial charge in [-0.05, 0) is 24.6 Å². The predicted molar refractivity (Wildman–Crippen MR) is 72.1 cm³/mol.